The molecule has 8 heteroatoms. The fraction of sp³-hybridized carbons (Fsp3) is 0.333. The van der Waals surface area contributed by atoms with Gasteiger partial charge in [-0.05, 0) is 24.3 Å². The molecule has 1 N–H and O–H groups in total. The maximum Gasteiger partial charge on any atom is 0.203 e. The van der Waals surface area contributed by atoms with Crippen molar-refractivity contribution in [3.05, 3.63) is 53.6 Å². The Bertz CT molecular complexity index is 1520. The van der Waals surface area contributed by atoms with Gasteiger partial charge < -0.3 is 29.0 Å². The number of hydrogen-bond donors (Lipinski definition) is 1. The maximum atomic E-state index is 13.9. The number of anilines is 3. The van der Waals surface area contributed by atoms with Gasteiger partial charge in [0.25, 0.3) is 0 Å². The van der Waals surface area contributed by atoms with Gasteiger partial charge in [-0.3, -0.25) is 4.79 Å². The highest BCUT2D eigenvalue weighted by atomic mass is 16.5. The van der Waals surface area contributed by atoms with Crippen molar-refractivity contribution < 1.29 is 23.5 Å². The molecule has 3 aromatic carbocycles. The first-order valence-electron chi connectivity index (χ1n) is 12.9. The molecule has 0 saturated carbocycles. The number of ketones is 1. The number of fused-ring (bicyclic) bond motifs is 2. The molecular formula is C30H31N3O5. The van der Waals surface area contributed by atoms with Crippen LogP contribution in [-0.2, 0) is 0 Å². The maximum absolute atomic E-state index is 13.9. The average molecular weight is 514 g/mol. The third-order valence-electron chi connectivity index (χ3n) is 7.53. The van der Waals surface area contributed by atoms with Crippen molar-refractivity contribution in [1.29, 1.82) is 0 Å². The first-order chi connectivity index (χ1) is 18.4. The van der Waals surface area contributed by atoms with Gasteiger partial charge in [-0.25, -0.2) is 0 Å². The Kier molecular flexibility index (Phi) is 5.90. The van der Waals surface area contributed by atoms with Crippen molar-refractivity contribution in [2.75, 3.05) is 44.6 Å². The molecule has 4 aromatic rings. The Morgan fingerprint density at radius 2 is 1.61 bits per heavy atom. The highest BCUT2D eigenvalue weighted by Gasteiger charge is 2.35. The zero-order chi connectivity index (χ0) is 26.6. The number of aromatic nitrogens is 1. The van der Waals surface area contributed by atoms with E-state index < -0.39 is 0 Å². The Morgan fingerprint density at radius 1 is 0.947 bits per heavy atom. The van der Waals surface area contributed by atoms with E-state index >= 15 is 0 Å². The third-order valence-corrected chi connectivity index (χ3v) is 7.53. The molecule has 1 fully saturated rings. The summed E-state index contributed by atoms with van der Waals surface area (Å²) in [5.41, 5.74) is 4.96. The van der Waals surface area contributed by atoms with E-state index in [9.17, 15) is 4.79 Å². The first kappa shape index (κ1) is 24.2. The Hall–Kier alpha value is -4.20. The monoisotopic (exact) mass is 513 g/mol. The van der Waals surface area contributed by atoms with Crippen LogP contribution in [-0.4, -0.2) is 45.4 Å². The van der Waals surface area contributed by atoms with E-state index in [4.69, 9.17) is 18.7 Å². The molecule has 38 heavy (non-hydrogen) atoms. The molecule has 0 radical (unpaired) electrons. The van der Waals surface area contributed by atoms with Crippen LogP contribution in [0.1, 0.15) is 36.2 Å². The van der Waals surface area contributed by atoms with Crippen molar-refractivity contribution in [3.8, 4) is 28.6 Å². The fourth-order valence-corrected chi connectivity index (χ4v) is 6.05. The lowest BCUT2D eigenvalue weighted by Crippen LogP contribution is -2.39. The molecule has 0 amide bonds. The number of carbonyl (C=O) groups is 1. The molecule has 2 unspecified atom stereocenters. The van der Waals surface area contributed by atoms with E-state index in [1.54, 1.807) is 21.3 Å². The van der Waals surface area contributed by atoms with E-state index in [1.807, 2.05) is 42.5 Å². The summed E-state index contributed by atoms with van der Waals surface area (Å²) in [5.74, 6) is 3.18. The lowest BCUT2D eigenvalue weighted by atomic mass is 9.85. The van der Waals surface area contributed by atoms with Crippen LogP contribution in [0.25, 0.3) is 22.2 Å². The van der Waals surface area contributed by atoms with Crippen molar-refractivity contribution in [3.63, 3.8) is 0 Å². The van der Waals surface area contributed by atoms with Crippen LogP contribution >= 0.6 is 0 Å². The lowest BCUT2D eigenvalue weighted by molar-refractivity contribution is 0.104. The number of hydrogen-bond acceptors (Lipinski definition) is 8. The fourth-order valence-electron chi connectivity index (χ4n) is 6.05. The van der Waals surface area contributed by atoms with E-state index in [-0.39, 0.29) is 5.78 Å². The average Bonchev–Trinajstić information content (AvgIpc) is 3.36. The molecule has 1 aliphatic carbocycles. The highest BCUT2D eigenvalue weighted by molar-refractivity contribution is 6.28. The minimum atomic E-state index is -0.0665. The van der Waals surface area contributed by atoms with Gasteiger partial charge in [-0.1, -0.05) is 43.3 Å². The van der Waals surface area contributed by atoms with Gasteiger partial charge in [0, 0.05) is 42.0 Å². The summed E-state index contributed by atoms with van der Waals surface area (Å²) >= 11 is 0. The summed E-state index contributed by atoms with van der Waals surface area (Å²) in [6.07, 6.45) is 1.18. The Labute approximate surface area is 221 Å². The number of benzene rings is 3. The summed E-state index contributed by atoms with van der Waals surface area (Å²) in [4.78, 5) is 16.3. The number of piperidine rings is 1. The summed E-state index contributed by atoms with van der Waals surface area (Å²) in [6, 6.07) is 13.2. The lowest BCUT2D eigenvalue weighted by Gasteiger charge is -2.37. The summed E-state index contributed by atoms with van der Waals surface area (Å²) in [5, 5.41) is 8.76. The zero-order valence-electron chi connectivity index (χ0n) is 22.3. The molecule has 1 aromatic heterocycles. The quantitative estimate of drug-likeness (QED) is 0.283. The molecule has 1 saturated heterocycles. The van der Waals surface area contributed by atoms with Gasteiger partial charge >= 0.3 is 0 Å². The first-order valence-corrected chi connectivity index (χ1v) is 12.9. The zero-order valence-corrected chi connectivity index (χ0v) is 22.3. The number of methoxy groups -OCH3 is 3. The van der Waals surface area contributed by atoms with Crippen molar-refractivity contribution >= 4 is 33.7 Å². The van der Waals surface area contributed by atoms with E-state index in [1.165, 1.54) is 6.42 Å². The molecule has 0 spiro atoms. The number of rotatable bonds is 6. The summed E-state index contributed by atoms with van der Waals surface area (Å²) < 4.78 is 22.6. The van der Waals surface area contributed by atoms with Crippen LogP contribution in [0.2, 0.25) is 0 Å². The van der Waals surface area contributed by atoms with Gasteiger partial charge in [0.05, 0.1) is 43.7 Å². The molecule has 1 aliphatic heterocycles. The SMILES string of the molecule is COc1cc(Nc2cc(N3CC(C)CC(C)C3)c3noc4c3c2C(=O)c2ccccc2-4)cc(OC)c1OC. The second-order valence-corrected chi connectivity index (χ2v) is 10.3. The van der Waals surface area contributed by atoms with Gasteiger partial charge in [0.15, 0.2) is 23.0 Å². The summed E-state index contributed by atoms with van der Waals surface area (Å²) in [6.45, 7) is 6.38. The molecular weight excluding hydrogens is 482 g/mol. The van der Waals surface area contributed by atoms with Gasteiger partial charge in [0.1, 0.15) is 5.52 Å². The van der Waals surface area contributed by atoms with E-state index in [0.717, 1.165) is 35.2 Å². The van der Waals surface area contributed by atoms with E-state index in [2.05, 4.69) is 29.2 Å². The second kappa shape index (κ2) is 9.28. The van der Waals surface area contributed by atoms with Crippen molar-refractivity contribution in [2.24, 2.45) is 11.8 Å². The minimum Gasteiger partial charge on any atom is -0.493 e. The molecule has 2 atom stereocenters. The third kappa shape index (κ3) is 3.74. The van der Waals surface area contributed by atoms with Crippen LogP contribution in [0.3, 0.4) is 0 Å². The predicted octanol–water partition coefficient (Wildman–Crippen LogP) is 6.29. The molecule has 8 nitrogen and oxygen atoms in total. The normalized spacial score (nSPS) is 18.3. The van der Waals surface area contributed by atoms with Gasteiger partial charge in [-0.2, -0.15) is 0 Å². The van der Waals surface area contributed by atoms with Gasteiger partial charge in [0.2, 0.25) is 5.75 Å². The Morgan fingerprint density at radius 3 is 2.24 bits per heavy atom. The largest absolute Gasteiger partial charge is 0.493 e. The summed E-state index contributed by atoms with van der Waals surface area (Å²) in [7, 11) is 4.73. The van der Waals surface area contributed by atoms with Crippen LogP contribution in [0, 0.1) is 11.8 Å². The molecule has 2 aliphatic rings. The van der Waals surface area contributed by atoms with Crippen LogP contribution in [0.5, 0.6) is 17.2 Å². The Balaban J connectivity index is 1.58. The highest BCUT2D eigenvalue weighted by Crippen LogP contribution is 2.48. The molecule has 196 valence electrons. The molecule has 0 bridgehead atoms. The van der Waals surface area contributed by atoms with Crippen LogP contribution in [0.4, 0.5) is 17.1 Å². The smallest absolute Gasteiger partial charge is 0.203 e. The van der Waals surface area contributed by atoms with E-state index in [0.29, 0.717) is 57.3 Å². The molecule has 6 rings (SSSR count). The standard InChI is InChI=1S/C30H31N3O5/c1-16-10-17(2)15-33(14-16)22-13-21(31-18-11-23(35-3)30(37-5)24(12-18)36-4)25-26-27(22)32-38-29(26)20-9-7-6-8-19(20)28(25)34/h6-9,11-13,16-17,31H,10,14-15H2,1-5H3. The van der Waals surface area contributed by atoms with Crippen molar-refractivity contribution in [2.45, 2.75) is 20.3 Å². The topological polar surface area (TPSA) is 86.1 Å². The van der Waals surface area contributed by atoms with Crippen molar-refractivity contribution in [1.82, 2.24) is 5.16 Å². The second-order valence-electron chi connectivity index (χ2n) is 10.3. The predicted molar refractivity (Wildman–Crippen MR) is 147 cm³/mol. The number of ether oxygens (including phenoxy) is 3. The van der Waals surface area contributed by atoms with Crippen LogP contribution < -0.4 is 24.4 Å². The van der Waals surface area contributed by atoms with Crippen LogP contribution in [0.15, 0.2) is 47.0 Å². The number of nitrogens with zero attached hydrogens (tertiary/aromatic N) is 2. The van der Waals surface area contributed by atoms with Gasteiger partial charge in [-0.15, -0.1) is 0 Å². The minimum absolute atomic E-state index is 0.0665. The number of nitrogens with one attached hydrogen (secondary N) is 1. The number of carbonyl (C=O) groups excluding carboxylic acids is 1. The molecule has 2 heterocycles.